The molecule has 3 rings (SSSR count). The van der Waals surface area contributed by atoms with E-state index in [2.05, 4.69) is 20.5 Å². The van der Waals surface area contributed by atoms with E-state index in [4.69, 9.17) is 4.74 Å². The van der Waals surface area contributed by atoms with Crippen molar-refractivity contribution >= 4 is 40.0 Å². The second-order valence-corrected chi connectivity index (χ2v) is 6.91. The molecule has 1 aromatic carbocycles. The summed E-state index contributed by atoms with van der Waals surface area (Å²) in [6, 6.07) is 9.53. The highest BCUT2D eigenvalue weighted by molar-refractivity contribution is 7.99. The molecule has 0 aliphatic rings. The number of H-pyrrole nitrogens is 1. The smallest absolute Gasteiger partial charge is 0.341 e. The third kappa shape index (κ3) is 4.30. The predicted octanol–water partition coefficient (Wildman–Crippen LogP) is 3.44. The van der Waals surface area contributed by atoms with Gasteiger partial charge in [-0.25, -0.2) is 9.78 Å². The highest BCUT2D eigenvalue weighted by Gasteiger charge is 2.22. The van der Waals surface area contributed by atoms with Crippen molar-refractivity contribution in [3.63, 3.8) is 0 Å². The van der Waals surface area contributed by atoms with Gasteiger partial charge in [0.05, 0.1) is 12.4 Å². The summed E-state index contributed by atoms with van der Waals surface area (Å²) in [5.41, 5.74) is 2.01. The summed E-state index contributed by atoms with van der Waals surface area (Å²) in [5, 5.41) is 12.1. The quantitative estimate of drug-likeness (QED) is 0.475. The Morgan fingerprint density at radius 3 is 2.81 bits per heavy atom. The summed E-state index contributed by atoms with van der Waals surface area (Å²) in [5.74, 6) is -0.542. The standard InChI is InChI=1S/C17H16N4O3S2/c1-2-24-16(23)14-12(11-6-4-3-5-7-11)8-25-15(14)20-13(22)9-26-17-18-10-19-21-17/h3-8,10H,2,9H2,1H3,(H,20,22)(H,18,19,21). The molecule has 2 N–H and O–H groups in total. The van der Waals surface area contributed by atoms with Crippen LogP contribution in [0.2, 0.25) is 0 Å². The molecule has 0 saturated heterocycles. The largest absolute Gasteiger partial charge is 0.462 e. The summed E-state index contributed by atoms with van der Waals surface area (Å²) in [6.07, 6.45) is 1.38. The summed E-state index contributed by atoms with van der Waals surface area (Å²) < 4.78 is 5.18. The molecular formula is C17H16N4O3S2. The molecule has 0 unspecified atom stereocenters. The number of aromatic nitrogens is 3. The van der Waals surface area contributed by atoms with E-state index in [1.165, 1.54) is 29.4 Å². The van der Waals surface area contributed by atoms with Gasteiger partial charge in [-0.2, -0.15) is 5.10 Å². The first kappa shape index (κ1) is 18.2. The van der Waals surface area contributed by atoms with Crippen molar-refractivity contribution in [2.75, 3.05) is 17.7 Å². The number of aromatic amines is 1. The van der Waals surface area contributed by atoms with Gasteiger partial charge in [0.15, 0.2) is 5.16 Å². The molecule has 0 fully saturated rings. The molecule has 7 nitrogen and oxygen atoms in total. The van der Waals surface area contributed by atoms with E-state index in [0.717, 1.165) is 11.1 Å². The maximum absolute atomic E-state index is 12.5. The Labute approximate surface area is 158 Å². The van der Waals surface area contributed by atoms with Gasteiger partial charge in [-0.1, -0.05) is 42.1 Å². The lowest BCUT2D eigenvalue weighted by Gasteiger charge is -2.08. The fraction of sp³-hybridized carbons (Fsp3) is 0.176. The average Bonchev–Trinajstić information content (AvgIpc) is 3.31. The van der Waals surface area contributed by atoms with Gasteiger partial charge in [0, 0.05) is 10.9 Å². The molecule has 0 atom stereocenters. The van der Waals surface area contributed by atoms with Crippen LogP contribution in [0.25, 0.3) is 11.1 Å². The zero-order valence-corrected chi connectivity index (χ0v) is 15.5. The Kier molecular flexibility index (Phi) is 6.03. The number of anilines is 1. The number of rotatable bonds is 7. The molecule has 2 heterocycles. The van der Waals surface area contributed by atoms with Gasteiger partial charge in [0.2, 0.25) is 5.91 Å². The number of esters is 1. The number of thioether (sulfide) groups is 1. The van der Waals surface area contributed by atoms with Crippen LogP contribution < -0.4 is 5.32 Å². The number of carbonyl (C=O) groups is 2. The number of hydrogen-bond acceptors (Lipinski definition) is 7. The molecule has 9 heteroatoms. The first-order valence-electron chi connectivity index (χ1n) is 7.81. The molecule has 0 spiro atoms. The van der Waals surface area contributed by atoms with Crippen molar-refractivity contribution in [2.45, 2.75) is 12.1 Å². The van der Waals surface area contributed by atoms with Crippen molar-refractivity contribution in [3.8, 4) is 11.1 Å². The number of thiophene rings is 1. The number of nitrogens with zero attached hydrogens (tertiary/aromatic N) is 2. The molecule has 0 radical (unpaired) electrons. The van der Waals surface area contributed by atoms with Crippen molar-refractivity contribution < 1.29 is 14.3 Å². The minimum atomic E-state index is -0.453. The summed E-state index contributed by atoms with van der Waals surface area (Å²) >= 11 is 2.53. The maximum Gasteiger partial charge on any atom is 0.341 e. The fourth-order valence-electron chi connectivity index (χ4n) is 2.25. The summed E-state index contributed by atoms with van der Waals surface area (Å²) in [4.78, 5) is 28.7. The minimum Gasteiger partial charge on any atom is -0.462 e. The van der Waals surface area contributed by atoms with Crippen molar-refractivity contribution in [1.29, 1.82) is 0 Å². The van der Waals surface area contributed by atoms with Crippen LogP contribution in [-0.4, -0.2) is 39.4 Å². The Bertz CT molecular complexity index is 879. The van der Waals surface area contributed by atoms with Crippen LogP contribution in [0.3, 0.4) is 0 Å². The van der Waals surface area contributed by atoms with Crippen LogP contribution >= 0.6 is 23.1 Å². The second kappa shape index (κ2) is 8.63. The van der Waals surface area contributed by atoms with Gasteiger partial charge >= 0.3 is 5.97 Å². The van der Waals surface area contributed by atoms with Crippen LogP contribution in [0.5, 0.6) is 0 Å². The number of hydrogen-bond donors (Lipinski definition) is 2. The lowest BCUT2D eigenvalue weighted by Crippen LogP contribution is -2.16. The van der Waals surface area contributed by atoms with Gasteiger partial charge in [0.1, 0.15) is 16.9 Å². The molecule has 134 valence electrons. The lowest BCUT2D eigenvalue weighted by atomic mass is 10.0. The lowest BCUT2D eigenvalue weighted by molar-refractivity contribution is -0.113. The molecule has 0 aliphatic carbocycles. The Balaban J connectivity index is 1.80. The van der Waals surface area contributed by atoms with Crippen molar-refractivity contribution in [2.24, 2.45) is 0 Å². The highest BCUT2D eigenvalue weighted by atomic mass is 32.2. The number of benzene rings is 1. The van der Waals surface area contributed by atoms with Gasteiger partial charge in [-0.3, -0.25) is 9.89 Å². The molecule has 0 saturated carbocycles. The topological polar surface area (TPSA) is 97.0 Å². The normalized spacial score (nSPS) is 10.5. The van der Waals surface area contributed by atoms with E-state index in [0.29, 0.717) is 15.7 Å². The van der Waals surface area contributed by atoms with Crippen molar-refractivity contribution in [3.05, 3.63) is 47.6 Å². The zero-order chi connectivity index (χ0) is 18.4. The molecule has 1 amide bonds. The van der Waals surface area contributed by atoms with E-state index in [-0.39, 0.29) is 18.3 Å². The first-order valence-corrected chi connectivity index (χ1v) is 9.67. The van der Waals surface area contributed by atoms with Crippen LogP contribution in [0.1, 0.15) is 17.3 Å². The van der Waals surface area contributed by atoms with Gasteiger partial charge < -0.3 is 10.1 Å². The van der Waals surface area contributed by atoms with E-state index in [1.54, 1.807) is 6.92 Å². The molecule has 26 heavy (non-hydrogen) atoms. The fourth-order valence-corrected chi connectivity index (χ4v) is 3.80. The Hall–Kier alpha value is -2.65. The van der Waals surface area contributed by atoms with Crippen LogP contribution in [0.15, 0.2) is 47.2 Å². The minimum absolute atomic E-state index is 0.149. The number of nitrogens with one attached hydrogen (secondary N) is 2. The number of carbonyl (C=O) groups excluding carboxylic acids is 2. The van der Waals surface area contributed by atoms with Gasteiger partial charge in [0.25, 0.3) is 0 Å². The average molecular weight is 388 g/mol. The molecule has 3 aromatic rings. The number of amides is 1. The van der Waals surface area contributed by atoms with E-state index < -0.39 is 5.97 Å². The summed E-state index contributed by atoms with van der Waals surface area (Å²) in [6.45, 7) is 2.01. The Morgan fingerprint density at radius 2 is 2.12 bits per heavy atom. The predicted molar refractivity (Wildman–Crippen MR) is 101 cm³/mol. The third-order valence-electron chi connectivity index (χ3n) is 3.34. The van der Waals surface area contributed by atoms with Crippen molar-refractivity contribution in [1.82, 2.24) is 15.2 Å². The van der Waals surface area contributed by atoms with E-state index in [1.807, 2.05) is 35.7 Å². The van der Waals surface area contributed by atoms with E-state index in [9.17, 15) is 9.59 Å². The van der Waals surface area contributed by atoms with Crippen LogP contribution in [0.4, 0.5) is 5.00 Å². The van der Waals surface area contributed by atoms with E-state index >= 15 is 0 Å². The SMILES string of the molecule is CCOC(=O)c1c(-c2ccccc2)csc1NC(=O)CSc1ncn[nH]1. The highest BCUT2D eigenvalue weighted by Crippen LogP contribution is 2.36. The van der Waals surface area contributed by atoms with Gasteiger partial charge in [-0.15, -0.1) is 11.3 Å². The summed E-state index contributed by atoms with van der Waals surface area (Å²) in [7, 11) is 0. The monoisotopic (exact) mass is 388 g/mol. The molecule has 0 aliphatic heterocycles. The molecular weight excluding hydrogens is 372 g/mol. The zero-order valence-electron chi connectivity index (χ0n) is 13.9. The molecule has 2 aromatic heterocycles. The van der Waals surface area contributed by atoms with Crippen LogP contribution in [-0.2, 0) is 9.53 Å². The second-order valence-electron chi connectivity index (χ2n) is 5.07. The maximum atomic E-state index is 12.5. The number of ether oxygens (including phenoxy) is 1. The molecule has 0 bridgehead atoms. The first-order chi connectivity index (χ1) is 12.7. The van der Waals surface area contributed by atoms with Gasteiger partial charge in [-0.05, 0) is 12.5 Å². The third-order valence-corrected chi connectivity index (χ3v) is 5.11. The van der Waals surface area contributed by atoms with Crippen LogP contribution in [0, 0.1) is 0 Å². The Morgan fingerprint density at radius 1 is 1.31 bits per heavy atom.